The molecule has 0 bridgehead atoms. The minimum atomic E-state index is 0.252. The maximum atomic E-state index is 8.55. The van der Waals surface area contributed by atoms with Crippen molar-refractivity contribution in [3.63, 3.8) is 0 Å². The zero-order valence-electron chi connectivity index (χ0n) is 10.8. The lowest BCUT2D eigenvalue weighted by molar-refractivity contribution is 0.414. The van der Waals surface area contributed by atoms with Crippen LogP contribution in [0.4, 0.5) is 11.6 Å². The van der Waals surface area contributed by atoms with Crippen molar-refractivity contribution in [2.45, 2.75) is 19.4 Å². The average Bonchev–Trinajstić information content (AvgIpc) is 2.71. The number of nitriles is 1. The lowest BCUT2D eigenvalue weighted by atomic mass is 10.2. The minimum absolute atomic E-state index is 0.252. The van der Waals surface area contributed by atoms with Crippen molar-refractivity contribution in [2.24, 2.45) is 0 Å². The molecule has 6 heteroatoms. The van der Waals surface area contributed by atoms with Crippen molar-refractivity contribution in [3.05, 3.63) is 11.9 Å². The van der Waals surface area contributed by atoms with Gasteiger partial charge in [0.15, 0.2) is 0 Å². The van der Waals surface area contributed by atoms with Gasteiger partial charge in [-0.3, -0.25) is 0 Å². The van der Waals surface area contributed by atoms with Crippen LogP contribution >= 0.6 is 0 Å². The third-order valence-electron chi connectivity index (χ3n) is 2.93. The SMILES string of the molecule is Cc1nc(NCC#N)cc(NC2CCN(C)C2)n1. The molecule has 0 spiro atoms. The van der Waals surface area contributed by atoms with Crippen LogP contribution in [-0.4, -0.2) is 47.6 Å². The Balaban J connectivity index is 2.03. The van der Waals surface area contributed by atoms with Crippen LogP contribution in [0, 0.1) is 18.3 Å². The van der Waals surface area contributed by atoms with Crippen LogP contribution in [0.3, 0.4) is 0 Å². The van der Waals surface area contributed by atoms with Crippen molar-refractivity contribution in [1.29, 1.82) is 5.26 Å². The van der Waals surface area contributed by atoms with Gasteiger partial charge in [0.2, 0.25) is 0 Å². The lowest BCUT2D eigenvalue weighted by Crippen LogP contribution is -2.24. The molecule has 1 unspecified atom stereocenters. The number of likely N-dealkylation sites (tertiary alicyclic amines) is 1. The van der Waals surface area contributed by atoms with Crippen LogP contribution in [0.25, 0.3) is 0 Å². The van der Waals surface area contributed by atoms with Gasteiger partial charge in [-0.25, -0.2) is 9.97 Å². The molecule has 2 N–H and O–H groups in total. The van der Waals surface area contributed by atoms with E-state index in [4.69, 9.17) is 5.26 Å². The zero-order valence-corrected chi connectivity index (χ0v) is 10.8. The van der Waals surface area contributed by atoms with Gasteiger partial charge in [-0.15, -0.1) is 0 Å². The number of nitrogens with zero attached hydrogens (tertiary/aromatic N) is 4. The van der Waals surface area contributed by atoms with Gasteiger partial charge in [-0.1, -0.05) is 0 Å². The first-order valence-electron chi connectivity index (χ1n) is 6.09. The maximum absolute atomic E-state index is 8.55. The van der Waals surface area contributed by atoms with E-state index in [0.717, 1.165) is 25.3 Å². The number of aromatic nitrogens is 2. The molecule has 1 aromatic heterocycles. The van der Waals surface area contributed by atoms with Gasteiger partial charge in [0, 0.05) is 18.7 Å². The minimum Gasteiger partial charge on any atom is -0.366 e. The fourth-order valence-corrected chi connectivity index (χ4v) is 2.12. The standard InChI is InChI=1S/C12H18N6/c1-9-15-11(14-5-4-13)7-12(16-9)17-10-3-6-18(2)8-10/h7,10H,3,5-6,8H2,1-2H3,(H2,14,15,16,17). The molecule has 0 saturated carbocycles. The summed E-state index contributed by atoms with van der Waals surface area (Å²) >= 11 is 0. The summed E-state index contributed by atoms with van der Waals surface area (Å²) in [5, 5.41) is 14.9. The first-order chi connectivity index (χ1) is 8.67. The van der Waals surface area contributed by atoms with Crippen LogP contribution in [0.15, 0.2) is 6.07 Å². The molecule has 0 amide bonds. The van der Waals surface area contributed by atoms with E-state index in [1.165, 1.54) is 0 Å². The van der Waals surface area contributed by atoms with Gasteiger partial charge in [0.05, 0.1) is 6.07 Å². The summed E-state index contributed by atoms with van der Waals surface area (Å²) in [6, 6.07) is 4.32. The molecule has 2 heterocycles. The van der Waals surface area contributed by atoms with E-state index in [9.17, 15) is 0 Å². The highest BCUT2D eigenvalue weighted by Gasteiger charge is 2.19. The molecule has 0 radical (unpaired) electrons. The Bertz CT molecular complexity index is 452. The molecule has 1 aromatic rings. The molecule has 1 aliphatic heterocycles. The number of aryl methyl sites for hydroxylation is 1. The summed E-state index contributed by atoms with van der Waals surface area (Å²) in [5.74, 6) is 2.22. The van der Waals surface area contributed by atoms with E-state index < -0.39 is 0 Å². The quantitative estimate of drug-likeness (QED) is 0.767. The highest BCUT2D eigenvalue weighted by Crippen LogP contribution is 2.15. The second kappa shape index (κ2) is 5.65. The van der Waals surface area contributed by atoms with Gasteiger partial charge < -0.3 is 15.5 Å². The maximum Gasteiger partial charge on any atom is 0.132 e. The predicted octanol–water partition coefficient (Wildman–Crippen LogP) is 0.836. The van der Waals surface area contributed by atoms with Crippen LogP contribution in [0.5, 0.6) is 0 Å². The van der Waals surface area contributed by atoms with E-state index in [0.29, 0.717) is 17.7 Å². The van der Waals surface area contributed by atoms with E-state index >= 15 is 0 Å². The first kappa shape index (κ1) is 12.6. The molecule has 1 fully saturated rings. The number of likely N-dealkylation sites (N-methyl/N-ethyl adjacent to an activating group) is 1. The van der Waals surface area contributed by atoms with E-state index in [-0.39, 0.29) is 6.54 Å². The molecule has 1 aliphatic rings. The highest BCUT2D eigenvalue weighted by atomic mass is 15.2. The number of hydrogen-bond donors (Lipinski definition) is 2. The molecule has 2 rings (SSSR count). The summed E-state index contributed by atoms with van der Waals surface area (Å²) in [7, 11) is 2.12. The summed E-state index contributed by atoms with van der Waals surface area (Å²) < 4.78 is 0. The molecular weight excluding hydrogens is 228 g/mol. The first-order valence-corrected chi connectivity index (χ1v) is 6.09. The summed E-state index contributed by atoms with van der Waals surface area (Å²) in [4.78, 5) is 10.9. The third kappa shape index (κ3) is 3.31. The second-order valence-corrected chi connectivity index (χ2v) is 4.59. The third-order valence-corrected chi connectivity index (χ3v) is 2.93. The van der Waals surface area contributed by atoms with Crippen molar-refractivity contribution in [2.75, 3.05) is 37.3 Å². The number of anilines is 2. The molecule has 0 aromatic carbocycles. The monoisotopic (exact) mass is 246 g/mol. The Morgan fingerprint density at radius 2 is 2.28 bits per heavy atom. The number of nitrogens with one attached hydrogen (secondary N) is 2. The van der Waals surface area contributed by atoms with Gasteiger partial charge in [0.25, 0.3) is 0 Å². The van der Waals surface area contributed by atoms with E-state index in [1.807, 2.05) is 19.1 Å². The smallest absolute Gasteiger partial charge is 0.132 e. The van der Waals surface area contributed by atoms with Crippen LogP contribution in [-0.2, 0) is 0 Å². The van der Waals surface area contributed by atoms with Gasteiger partial charge in [-0.2, -0.15) is 5.26 Å². The zero-order chi connectivity index (χ0) is 13.0. The van der Waals surface area contributed by atoms with Gasteiger partial charge in [-0.05, 0) is 26.9 Å². The number of hydrogen-bond acceptors (Lipinski definition) is 6. The summed E-state index contributed by atoms with van der Waals surface area (Å²) in [5.41, 5.74) is 0. The van der Waals surface area contributed by atoms with Crippen molar-refractivity contribution < 1.29 is 0 Å². The van der Waals surface area contributed by atoms with Gasteiger partial charge >= 0.3 is 0 Å². The Labute approximate surface area is 107 Å². The fraction of sp³-hybridized carbons (Fsp3) is 0.583. The van der Waals surface area contributed by atoms with E-state index in [2.05, 4.69) is 32.5 Å². The largest absolute Gasteiger partial charge is 0.366 e. The molecule has 18 heavy (non-hydrogen) atoms. The number of rotatable bonds is 4. The summed E-state index contributed by atoms with van der Waals surface area (Å²) in [6.07, 6.45) is 1.13. The molecule has 96 valence electrons. The summed E-state index contributed by atoms with van der Waals surface area (Å²) in [6.45, 7) is 4.25. The van der Waals surface area contributed by atoms with Crippen LogP contribution in [0.2, 0.25) is 0 Å². The predicted molar refractivity (Wildman–Crippen MR) is 70.4 cm³/mol. The highest BCUT2D eigenvalue weighted by molar-refractivity contribution is 5.48. The molecular formula is C12H18N6. The fourth-order valence-electron chi connectivity index (χ4n) is 2.12. The Kier molecular flexibility index (Phi) is 3.95. The topological polar surface area (TPSA) is 76.9 Å². The molecule has 1 atom stereocenters. The Morgan fingerprint density at radius 1 is 1.50 bits per heavy atom. The van der Waals surface area contributed by atoms with Crippen LogP contribution < -0.4 is 10.6 Å². The molecule has 1 saturated heterocycles. The van der Waals surface area contributed by atoms with Crippen molar-refractivity contribution in [1.82, 2.24) is 14.9 Å². The van der Waals surface area contributed by atoms with Crippen molar-refractivity contribution in [3.8, 4) is 6.07 Å². The molecule has 6 nitrogen and oxygen atoms in total. The normalized spacial score (nSPS) is 19.5. The average molecular weight is 246 g/mol. The van der Waals surface area contributed by atoms with E-state index in [1.54, 1.807) is 0 Å². The van der Waals surface area contributed by atoms with Crippen molar-refractivity contribution >= 4 is 11.6 Å². The molecule has 0 aliphatic carbocycles. The lowest BCUT2D eigenvalue weighted by Gasteiger charge is -2.14. The Hall–Kier alpha value is -1.87. The second-order valence-electron chi connectivity index (χ2n) is 4.59. The van der Waals surface area contributed by atoms with Crippen LogP contribution in [0.1, 0.15) is 12.2 Å². The Morgan fingerprint density at radius 3 is 2.94 bits per heavy atom. The van der Waals surface area contributed by atoms with Gasteiger partial charge in [0.1, 0.15) is 24.0 Å².